The Kier molecular flexibility index (Phi) is 5.60. The van der Waals surface area contributed by atoms with E-state index in [2.05, 4.69) is 63.6 Å². The summed E-state index contributed by atoms with van der Waals surface area (Å²) >= 11 is 0. The molecule has 0 bridgehead atoms. The summed E-state index contributed by atoms with van der Waals surface area (Å²) in [5.41, 5.74) is 4.02. The number of fused-ring (bicyclic) bond motifs is 1. The van der Waals surface area contributed by atoms with Crippen molar-refractivity contribution < 1.29 is 4.74 Å². The van der Waals surface area contributed by atoms with E-state index >= 15 is 0 Å². The molecule has 4 rings (SSSR count). The van der Waals surface area contributed by atoms with Gasteiger partial charge in [0, 0.05) is 50.6 Å². The molecule has 0 unspecified atom stereocenters. The first-order valence-corrected chi connectivity index (χ1v) is 9.90. The number of piperazine rings is 1. The van der Waals surface area contributed by atoms with Crippen LogP contribution in [0.5, 0.6) is 5.75 Å². The second kappa shape index (κ2) is 8.45. The topological polar surface area (TPSA) is 27.7 Å². The van der Waals surface area contributed by atoms with Crippen molar-refractivity contribution in [2.45, 2.75) is 19.3 Å². The summed E-state index contributed by atoms with van der Waals surface area (Å²) in [7, 11) is 0. The molecular weight excluding hydrogens is 322 g/mol. The molecule has 0 amide bonds. The van der Waals surface area contributed by atoms with E-state index in [-0.39, 0.29) is 0 Å². The minimum atomic E-state index is 0.797. The zero-order valence-electron chi connectivity index (χ0n) is 15.5. The zero-order chi connectivity index (χ0) is 17.6. The van der Waals surface area contributed by atoms with Gasteiger partial charge in [-0.3, -0.25) is 4.90 Å². The third kappa shape index (κ3) is 4.31. The third-order valence-corrected chi connectivity index (χ3v) is 5.40. The van der Waals surface area contributed by atoms with Crippen molar-refractivity contribution in [2.75, 3.05) is 56.1 Å². The maximum absolute atomic E-state index is 5.99. The summed E-state index contributed by atoms with van der Waals surface area (Å²) in [6.45, 7) is 7.51. The molecule has 0 atom stereocenters. The SMILES string of the molecule is c1ccc(N2CCN(CCCOc3ccc4c(c3)CCCN4)CC2)cc1. The number of anilines is 2. The molecule has 0 aliphatic carbocycles. The van der Waals surface area contributed by atoms with Gasteiger partial charge in [0.15, 0.2) is 0 Å². The monoisotopic (exact) mass is 351 g/mol. The molecule has 4 heteroatoms. The molecule has 1 fully saturated rings. The fourth-order valence-electron chi connectivity index (χ4n) is 3.89. The third-order valence-electron chi connectivity index (χ3n) is 5.40. The van der Waals surface area contributed by atoms with Crippen molar-refractivity contribution in [1.29, 1.82) is 0 Å². The van der Waals surface area contributed by atoms with E-state index in [0.717, 1.165) is 64.5 Å². The molecule has 26 heavy (non-hydrogen) atoms. The smallest absolute Gasteiger partial charge is 0.119 e. The van der Waals surface area contributed by atoms with Crippen LogP contribution in [0.3, 0.4) is 0 Å². The second-order valence-electron chi connectivity index (χ2n) is 7.22. The number of aryl methyl sites for hydroxylation is 1. The van der Waals surface area contributed by atoms with Gasteiger partial charge in [-0.2, -0.15) is 0 Å². The minimum Gasteiger partial charge on any atom is -0.494 e. The number of nitrogens with zero attached hydrogens (tertiary/aromatic N) is 2. The lowest BCUT2D eigenvalue weighted by atomic mass is 10.0. The number of hydrogen-bond donors (Lipinski definition) is 1. The van der Waals surface area contributed by atoms with E-state index in [9.17, 15) is 0 Å². The van der Waals surface area contributed by atoms with Gasteiger partial charge in [-0.1, -0.05) is 18.2 Å². The van der Waals surface area contributed by atoms with Crippen LogP contribution in [0.15, 0.2) is 48.5 Å². The molecule has 2 aromatic rings. The molecule has 0 saturated carbocycles. The van der Waals surface area contributed by atoms with E-state index in [4.69, 9.17) is 4.74 Å². The van der Waals surface area contributed by atoms with Gasteiger partial charge in [0.05, 0.1) is 6.61 Å². The Morgan fingerprint density at radius 1 is 0.962 bits per heavy atom. The Bertz CT molecular complexity index is 696. The van der Waals surface area contributed by atoms with Gasteiger partial charge < -0.3 is 15.0 Å². The van der Waals surface area contributed by atoms with Gasteiger partial charge in [-0.15, -0.1) is 0 Å². The summed E-state index contributed by atoms with van der Waals surface area (Å²) in [5.74, 6) is 1.02. The molecule has 0 spiro atoms. The highest BCUT2D eigenvalue weighted by Crippen LogP contribution is 2.26. The predicted molar refractivity (Wildman–Crippen MR) is 108 cm³/mol. The Hall–Kier alpha value is -2.20. The van der Waals surface area contributed by atoms with Gasteiger partial charge in [0.2, 0.25) is 0 Å². The molecule has 2 aliphatic rings. The van der Waals surface area contributed by atoms with E-state index in [1.165, 1.54) is 23.4 Å². The van der Waals surface area contributed by atoms with Crippen molar-refractivity contribution in [2.24, 2.45) is 0 Å². The Balaban J connectivity index is 1.17. The van der Waals surface area contributed by atoms with E-state index < -0.39 is 0 Å². The average molecular weight is 351 g/mol. The first kappa shape index (κ1) is 17.2. The zero-order valence-corrected chi connectivity index (χ0v) is 15.5. The fourth-order valence-corrected chi connectivity index (χ4v) is 3.89. The lowest BCUT2D eigenvalue weighted by Gasteiger charge is -2.36. The van der Waals surface area contributed by atoms with Crippen LogP contribution in [-0.4, -0.2) is 50.8 Å². The van der Waals surface area contributed by atoms with E-state index in [1.54, 1.807) is 0 Å². The van der Waals surface area contributed by atoms with E-state index in [1.807, 2.05) is 0 Å². The van der Waals surface area contributed by atoms with Gasteiger partial charge in [-0.05, 0) is 55.2 Å². The number of nitrogens with one attached hydrogen (secondary N) is 1. The highest BCUT2D eigenvalue weighted by Gasteiger charge is 2.16. The minimum absolute atomic E-state index is 0.797. The van der Waals surface area contributed by atoms with Gasteiger partial charge in [-0.25, -0.2) is 0 Å². The van der Waals surface area contributed by atoms with Crippen LogP contribution < -0.4 is 15.0 Å². The molecule has 0 aromatic heterocycles. The molecule has 0 radical (unpaired) electrons. The maximum atomic E-state index is 5.99. The van der Waals surface area contributed by atoms with Crippen LogP contribution in [0, 0.1) is 0 Å². The van der Waals surface area contributed by atoms with Gasteiger partial charge in [0.1, 0.15) is 5.75 Å². The van der Waals surface area contributed by atoms with Crippen LogP contribution >= 0.6 is 0 Å². The lowest BCUT2D eigenvalue weighted by Crippen LogP contribution is -2.46. The molecular formula is C22H29N3O. The highest BCUT2D eigenvalue weighted by atomic mass is 16.5. The quantitative estimate of drug-likeness (QED) is 0.804. The molecule has 1 saturated heterocycles. The maximum Gasteiger partial charge on any atom is 0.119 e. The first-order valence-electron chi connectivity index (χ1n) is 9.90. The summed E-state index contributed by atoms with van der Waals surface area (Å²) in [6, 6.07) is 17.2. The molecule has 4 nitrogen and oxygen atoms in total. The van der Waals surface area contributed by atoms with E-state index in [0.29, 0.717) is 0 Å². The number of ether oxygens (including phenoxy) is 1. The van der Waals surface area contributed by atoms with Crippen LogP contribution in [0.2, 0.25) is 0 Å². The highest BCUT2D eigenvalue weighted by molar-refractivity contribution is 5.55. The number of hydrogen-bond acceptors (Lipinski definition) is 4. The number of rotatable bonds is 6. The Labute approximate surface area is 156 Å². The fraction of sp³-hybridized carbons (Fsp3) is 0.455. The van der Waals surface area contributed by atoms with Crippen LogP contribution in [0.25, 0.3) is 0 Å². The molecule has 138 valence electrons. The van der Waals surface area contributed by atoms with Crippen molar-refractivity contribution in [3.63, 3.8) is 0 Å². The molecule has 2 heterocycles. The number of para-hydroxylation sites is 1. The van der Waals surface area contributed by atoms with Crippen LogP contribution in [-0.2, 0) is 6.42 Å². The normalized spacial score (nSPS) is 17.5. The van der Waals surface area contributed by atoms with Gasteiger partial charge in [0.25, 0.3) is 0 Å². The summed E-state index contributed by atoms with van der Waals surface area (Å²) in [5, 5.41) is 3.45. The van der Waals surface area contributed by atoms with Crippen molar-refractivity contribution in [3.05, 3.63) is 54.1 Å². The predicted octanol–water partition coefficient (Wildman–Crippen LogP) is 3.64. The standard InChI is InChI=1S/C22H29N3O/c1-2-7-20(8-3-1)25-15-13-24(14-16-25)12-5-17-26-21-9-10-22-19(18-21)6-4-11-23-22/h1-3,7-10,18,23H,4-6,11-17H2. The van der Waals surface area contributed by atoms with Crippen molar-refractivity contribution in [3.8, 4) is 5.75 Å². The largest absolute Gasteiger partial charge is 0.494 e. The van der Waals surface area contributed by atoms with Crippen LogP contribution in [0.1, 0.15) is 18.4 Å². The molecule has 1 N–H and O–H groups in total. The summed E-state index contributed by atoms with van der Waals surface area (Å²) in [4.78, 5) is 5.04. The van der Waals surface area contributed by atoms with Gasteiger partial charge >= 0.3 is 0 Å². The first-order chi connectivity index (χ1) is 12.9. The Morgan fingerprint density at radius 3 is 2.65 bits per heavy atom. The van der Waals surface area contributed by atoms with Crippen molar-refractivity contribution in [1.82, 2.24) is 4.90 Å². The number of benzene rings is 2. The average Bonchev–Trinajstić information content (AvgIpc) is 2.72. The van der Waals surface area contributed by atoms with Crippen molar-refractivity contribution >= 4 is 11.4 Å². The second-order valence-corrected chi connectivity index (χ2v) is 7.22. The summed E-state index contributed by atoms with van der Waals surface area (Å²) in [6.07, 6.45) is 3.46. The Morgan fingerprint density at radius 2 is 1.81 bits per heavy atom. The summed E-state index contributed by atoms with van der Waals surface area (Å²) < 4.78 is 5.99. The van der Waals surface area contributed by atoms with Crippen LogP contribution in [0.4, 0.5) is 11.4 Å². The molecule has 2 aromatic carbocycles. The lowest BCUT2D eigenvalue weighted by molar-refractivity contribution is 0.224. The molecule has 2 aliphatic heterocycles.